The van der Waals surface area contributed by atoms with Crippen molar-refractivity contribution in [2.45, 2.75) is 5.25 Å². The van der Waals surface area contributed by atoms with Crippen molar-refractivity contribution < 1.29 is 9.18 Å². The van der Waals surface area contributed by atoms with Gasteiger partial charge in [0.15, 0.2) is 0 Å². The lowest BCUT2D eigenvalue weighted by Gasteiger charge is -2.13. The number of H-pyrrole nitrogens is 1. The molecular weight excluding hydrogens is 253 g/mol. The highest BCUT2D eigenvalue weighted by Crippen LogP contribution is 2.40. The summed E-state index contributed by atoms with van der Waals surface area (Å²) in [6, 6.07) is 6.32. The van der Waals surface area contributed by atoms with Gasteiger partial charge < -0.3 is 5.32 Å². The Morgan fingerprint density at radius 2 is 2.11 bits per heavy atom. The maximum absolute atomic E-state index is 12.9. The molecule has 0 fully saturated rings. The van der Waals surface area contributed by atoms with E-state index in [0.717, 1.165) is 11.1 Å². The van der Waals surface area contributed by atoms with Crippen molar-refractivity contribution in [3.63, 3.8) is 0 Å². The largest absolute Gasteiger partial charge is 0.310 e. The molecule has 0 bridgehead atoms. The van der Waals surface area contributed by atoms with E-state index in [1.807, 2.05) is 0 Å². The molecule has 1 amide bonds. The Morgan fingerprint density at radius 3 is 2.89 bits per heavy atom. The predicted molar refractivity (Wildman–Crippen MR) is 67.9 cm³/mol. The van der Waals surface area contributed by atoms with Crippen molar-refractivity contribution in [1.29, 1.82) is 0 Å². The van der Waals surface area contributed by atoms with Gasteiger partial charge in [-0.3, -0.25) is 9.89 Å². The van der Waals surface area contributed by atoms with Gasteiger partial charge in [0.2, 0.25) is 5.91 Å². The van der Waals surface area contributed by atoms with Gasteiger partial charge in [-0.15, -0.1) is 11.8 Å². The molecule has 1 atom stereocenters. The number of halogens is 1. The molecule has 2 heterocycles. The number of rotatable bonds is 1. The zero-order valence-electron chi connectivity index (χ0n) is 9.31. The highest BCUT2D eigenvalue weighted by atomic mass is 32.2. The first-order chi connectivity index (χ1) is 8.74. The van der Waals surface area contributed by atoms with Crippen molar-refractivity contribution in [2.24, 2.45) is 0 Å². The van der Waals surface area contributed by atoms with E-state index in [9.17, 15) is 9.18 Å². The number of hydrogen-bond acceptors (Lipinski definition) is 3. The second kappa shape index (κ2) is 4.45. The Kier molecular flexibility index (Phi) is 2.79. The lowest BCUT2D eigenvalue weighted by atomic mass is 10.1. The van der Waals surface area contributed by atoms with Crippen molar-refractivity contribution in [3.05, 3.63) is 47.4 Å². The van der Waals surface area contributed by atoms with Crippen molar-refractivity contribution >= 4 is 23.5 Å². The highest BCUT2D eigenvalue weighted by molar-refractivity contribution is 8.00. The summed E-state index contributed by atoms with van der Waals surface area (Å²) >= 11 is 1.50. The van der Waals surface area contributed by atoms with E-state index in [0.29, 0.717) is 11.6 Å². The molecule has 1 aromatic carbocycles. The highest BCUT2D eigenvalue weighted by Gasteiger charge is 2.25. The van der Waals surface area contributed by atoms with Gasteiger partial charge in [0.05, 0.1) is 17.2 Å². The minimum atomic E-state index is -0.265. The summed E-state index contributed by atoms with van der Waals surface area (Å²) in [5.74, 6) is 0.665. The first-order valence-electron chi connectivity index (χ1n) is 5.44. The standard InChI is InChI=1S/C12H10FN3OS/c13-8-3-1-7(2-4-8)11-9-5-14-16-12(9)15-10(17)6-18-11/h1-5,11H,6H2,(H2,14,15,16,17)/t11-/m0/s1. The lowest BCUT2D eigenvalue weighted by molar-refractivity contribution is -0.113. The topological polar surface area (TPSA) is 57.8 Å². The Labute approximate surface area is 107 Å². The number of fused-ring (bicyclic) bond motifs is 1. The third-order valence-corrected chi connectivity index (χ3v) is 4.06. The van der Waals surface area contributed by atoms with Crippen LogP contribution in [-0.4, -0.2) is 21.9 Å². The van der Waals surface area contributed by atoms with Gasteiger partial charge in [0.1, 0.15) is 11.6 Å². The van der Waals surface area contributed by atoms with E-state index in [2.05, 4.69) is 15.5 Å². The molecule has 92 valence electrons. The van der Waals surface area contributed by atoms with Crippen LogP contribution in [0.4, 0.5) is 10.2 Å². The molecule has 2 aromatic rings. The Bertz CT molecular complexity index is 581. The van der Waals surface area contributed by atoms with Gasteiger partial charge in [-0.25, -0.2) is 4.39 Å². The monoisotopic (exact) mass is 263 g/mol. The predicted octanol–water partition coefficient (Wildman–Crippen LogP) is 2.32. The molecule has 4 nitrogen and oxygen atoms in total. The normalized spacial score (nSPS) is 18.9. The summed E-state index contributed by atoms with van der Waals surface area (Å²) in [7, 11) is 0. The quantitative estimate of drug-likeness (QED) is 0.830. The Hall–Kier alpha value is -1.82. The number of carbonyl (C=O) groups is 1. The fraction of sp³-hybridized carbons (Fsp3) is 0.167. The van der Waals surface area contributed by atoms with Gasteiger partial charge in [0, 0.05) is 5.56 Å². The first-order valence-corrected chi connectivity index (χ1v) is 6.49. The second-order valence-electron chi connectivity index (χ2n) is 3.99. The van der Waals surface area contributed by atoms with Crippen molar-refractivity contribution in [1.82, 2.24) is 10.2 Å². The number of amides is 1. The zero-order chi connectivity index (χ0) is 12.5. The molecule has 0 saturated heterocycles. The average Bonchev–Trinajstić information content (AvgIpc) is 2.74. The van der Waals surface area contributed by atoms with Crippen LogP contribution in [-0.2, 0) is 4.79 Å². The van der Waals surface area contributed by atoms with Crippen LogP contribution in [0.2, 0.25) is 0 Å². The van der Waals surface area contributed by atoms with Crippen LogP contribution in [0.15, 0.2) is 30.5 Å². The fourth-order valence-electron chi connectivity index (χ4n) is 1.93. The minimum Gasteiger partial charge on any atom is -0.310 e. The molecule has 1 aromatic heterocycles. The summed E-state index contributed by atoms with van der Waals surface area (Å²) < 4.78 is 12.9. The third-order valence-electron chi connectivity index (χ3n) is 2.77. The number of aromatic amines is 1. The number of carbonyl (C=O) groups excluding carboxylic acids is 1. The van der Waals surface area contributed by atoms with Crippen molar-refractivity contribution in [2.75, 3.05) is 11.1 Å². The third kappa shape index (κ3) is 1.99. The first kappa shape index (κ1) is 11.3. The Balaban J connectivity index is 2.02. The van der Waals surface area contributed by atoms with Crippen LogP contribution in [0.1, 0.15) is 16.4 Å². The number of hydrogen-bond donors (Lipinski definition) is 2. The molecule has 0 radical (unpaired) electrons. The van der Waals surface area contributed by atoms with Crippen LogP contribution in [0, 0.1) is 5.82 Å². The van der Waals surface area contributed by atoms with Crippen molar-refractivity contribution in [3.8, 4) is 0 Å². The molecule has 1 aliphatic rings. The maximum atomic E-state index is 12.9. The average molecular weight is 263 g/mol. The summed E-state index contributed by atoms with van der Waals surface area (Å²) in [5.41, 5.74) is 1.87. The van der Waals surface area contributed by atoms with Crippen LogP contribution in [0.25, 0.3) is 0 Å². The summed E-state index contributed by atoms with van der Waals surface area (Å²) in [4.78, 5) is 11.5. The molecule has 1 aliphatic heterocycles. The molecule has 6 heteroatoms. The smallest absolute Gasteiger partial charge is 0.235 e. The van der Waals surface area contributed by atoms with Crippen LogP contribution in [0.3, 0.4) is 0 Å². The fourth-order valence-corrected chi connectivity index (χ4v) is 3.03. The van der Waals surface area contributed by atoms with Gasteiger partial charge in [-0.05, 0) is 17.7 Å². The van der Waals surface area contributed by atoms with E-state index in [1.54, 1.807) is 18.3 Å². The molecule has 2 N–H and O–H groups in total. The van der Waals surface area contributed by atoms with Crippen LogP contribution >= 0.6 is 11.8 Å². The maximum Gasteiger partial charge on any atom is 0.235 e. The molecule has 0 spiro atoms. The van der Waals surface area contributed by atoms with E-state index in [-0.39, 0.29) is 17.0 Å². The summed E-state index contributed by atoms with van der Waals surface area (Å²) in [6.07, 6.45) is 1.70. The number of nitrogens with zero attached hydrogens (tertiary/aromatic N) is 1. The van der Waals surface area contributed by atoms with E-state index in [4.69, 9.17) is 0 Å². The van der Waals surface area contributed by atoms with Gasteiger partial charge in [-0.2, -0.15) is 5.10 Å². The Morgan fingerprint density at radius 1 is 1.33 bits per heavy atom. The second-order valence-corrected chi connectivity index (χ2v) is 5.08. The zero-order valence-corrected chi connectivity index (χ0v) is 10.1. The molecule has 0 saturated carbocycles. The SMILES string of the molecule is O=C1CS[C@@H](c2ccc(F)cc2)c2cn[nH]c2N1. The molecule has 0 aliphatic carbocycles. The number of aromatic nitrogens is 2. The van der Waals surface area contributed by atoms with Gasteiger partial charge in [0.25, 0.3) is 0 Å². The molecule has 3 rings (SSSR count). The van der Waals surface area contributed by atoms with Crippen LogP contribution in [0.5, 0.6) is 0 Å². The van der Waals surface area contributed by atoms with E-state index in [1.165, 1.54) is 23.9 Å². The number of benzene rings is 1. The molecule has 18 heavy (non-hydrogen) atoms. The number of nitrogens with one attached hydrogen (secondary N) is 2. The minimum absolute atomic E-state index is 0.0155. The van der Waals surface area contributed by atoms with Gasteiger partial charge in [-0.1, -0.05) is 12.1 Å². The lowest BCUT2D eigenvalue weighted by Crippen LogP contribution is -2.12. The summed E-state index contributed by atoms with van der Waals surface area (Å²) in [5, 5.41) is 9.46. The van der Waals surface area contributed by atoms with E-state index < -0.39 is 0 Å². The van der Waals surface area contributed by atoms with E-state index >= 15 is 0 Å². The number of thioether (sulfide) groups is 1. The molecular formula is C12H10FN3OS. The van der Waals surface area contributed by atoms with Gasteiger partial charge >= 0.3 is 0 Å². The number of anilines is 1. The molecule has 0 unspecified atom stereocenters. The van der Waals surface area contributed by atoms with Crippen LogP contribution < -0.4 is 5.32 Å². The summed E-state index contributed by atoms with van der Waals surface area (Å²) in [6.45, 7) is 0.